The maximum absolute atomic E-state index is 14.1. The molecule has 0 saturated carbocycles. The van der Waals surface area contributed by atoms with E-state index in [1.54, 1.807) is 12.1 Å². The summed E-state index contributed by atoms with van der Waals surface area (Å²) in [6, 6.07) is 4.47. The molecule has 0 radical (unpaired) electrons. The smallest absolute Gasteiger partial charge is 0.256 e. The summed E-state index contributed by atoms with van der Waals surface area (Å²) in [6.45, 7) is 2.42. The number of rotatable bonds is 8. The van der Waals surface area contributed by atoms with Crippen molar-refractivity contribution >= 4 is 5.91 Å². The van der Waals surface area contributed by atoms with Gasteiger partial charge < -0.3 is 25.0 Å². The van der Waals surface area contributed by atoms with Crippen molar-refractivity contribution in [1.29, 1.82) is 0 Å². The molecule has 0 bridgehead atoms. The predicted molar refractivity (Wildman–Crippen MR) is 94.0 cm³/mol. The number of likely N-dealkylation sites (tertiary alicyclic amines) is 1. The van der Waals surface area contributed by atoms with Gasteiger partial charge in [-0.3, -0.25) is 4.79 Å². The Morgan fingerprint density at radius 2 is 2.24 bits per heavy atom. The first-order valence-electron chi connectivity index (χ1n) is 8.57. The van der Waals surface area contributed by atoms with Crippen LogP contribution in [0.25, 0.3) is 0 Å². The van der Waals surface area contributed by atoms with Crippen LogP contribution in [-0.4, -0.2) is 73.8 Å². The molecular formula is C18H28FN3O3. The van der Waals surface area contributed by atoms with Crippen molar-refractivity contribution in [3.63, 3.8) is 0 Å². The van der Waals surface area contributed by atoms with Gasteiger partial charge in [0.25, 0.3) is 5.91 Å². The number of methoxy groups -OCH3 is 1. The number of ether oxygens (including phenoxy) is 1. The van der Waals surface area contributed by atoms with Gasteiger partial charge in [0.15, 0.2) is 5.60 Å². The average Bonchev–Trinajstić information content (AvgIpc) is 2.59. The zero-order valence-corrected chi connectivity index (χ0v) is 15.2. The van der Waals surface area contributed by atoms with Crippen LogP contribution in [0.15, 0.2) is 18.2 Å². The van der Waals surface area contributed by atoms with Gasteiger partial charge in [0, 0.05) is 38.3 Å². The fraction of sp³-hybridized carbons (Fsp3) is 0.611. The van der Waals surface area contributed by atoms with Crippen molar-refractivity contribution in [3.8, 4) is 5.75 Å². The Morgan fingerprint density at radius 3 is 2.92 bits per heavy atom. The quantitative estimate of drug-likeness (QED) is 0.725. The molecule has 7 heteroatoms. The lowest BCUT2D eigenvalue weighted by molar-refractivity contribution is -0.159. The van der Waals surface area contributed by atoms with Crippen LogP contribution in [-0.2, 0) is 11.3 Å². The average molecular weight is 353 g/mol. The highest BCUT2D eigenvalue weighted by molar-refractivity contribution is 5.86. The van der Waals surface area contributed by atoms with Crippen LogP contribution < -0.4 is 10.1 Å². The molecule has 0 spiro atoms. The molecule has 1 aliphatic rings. The molecule has 1 saturated heterocycles. The highest BCUT2D eigenvalue weighted by Gasteiger charge is 2.42. The number of aliphatic hydroxyl groups is 1. The van der Waals surface area contributed by atoms with Gasteiger partial charge in [0.1, 0.15) is 11.6 Å². The van der Waals surface area contributed by atoms with E-state index in [1.807, 2.05) is 19.0 Å². The van der Waals surface area contributed by atoms with E-state index in [0.29, 0.717) is 30.7 Å². The summed E-state index contributed by atoms with van der Waals surface area (Å²) >= 11 is 0. The van der Waals surface area contributed by atoms with E-state index >= 15 is 0 Å². The summed E-state index contributed by atoms with van der Waals surface area (Å²) < 4.78 is 19.2. The molecule has 140 valence electrons. The van der Waals surface area contributed by atoms with E-state index in [-0.39, 0.29) is 24.8 Å². The lowest BCUT2D eigenvalue weighted by atomic mass is 9.90. The summed E-state index contributed by atoms with van der Waals surface area (Å²) in [5, 5.41) is 13.9. The van der Waals surface area contributed by atoms with Crippen LogP contribution >= 0.6 is 0 Å². The van der Waals surface area contributed by atoms with Crippen LogP contribution in [0.1, 0.15) is 18.4 Å². The van der Waals surface area contributed by atoms with Gasteiger partial charge in [-0.05, 0) is 45.1 Å². The number of nitrogens with zero attached hydrogens (tertiary/aromatic N) is 2. The minimum atomic E-state index is -1.42. The topological polar surface area (TPSA) is 65.0 Å². The first-order valence-corrected chi connectivity index (χ1v) is 8.57. The monoisotopic (exact) mass is 353 g/mol. The third-order valence-corrected chi connectivity index (χ3v) is 4.59. The number of hydrogen-bond acceptors (Lipinski definition) is 5. The molecule has 1 aromatic carbocycles. The number of amides is 1. The normalized spacial score (nSPS) is 21.0. The van der Waals surface area contributed by atoms with Gasteiger partial charge in [0.05, 0.1) is 7.11 Å². The number of nitrogens with one attached hydrogen (secondary N) is 1. The number of halogens is 1. The minimum Gasteiger partial charge on any atom is -0.497 e. The summed E-state index contributed by atoms with van der Waals surface area (Å²) in [5.74, 6) is -0.172. The van der Waals surface area contributed by atoms with Crippen molar-refractivity contribution in [1.82, 2.24) is 15.1 Å². The molecular weight excluding hydrogens is 325 g/mol. The minimum absolute atomic E-state index is 0.129. The molecule has 2 rings (SSSR count). The second-order valence-electron chi connectivity index (χ2n) is 6.66. The fourth-order valence-electron chi connectivity index (χ4n) is 3.20. The largest absolute Gasteiger partial charge is 0.497 e. The fourth-order valence-corrected chi connectivity index (χ4v) is 3.20. The lowest BCUT2D eigenvalue weighted by Gasteiger charge is -2.40. The first-order chi connectivity index (χ1) is 11.9. The highest BCUT2D eigenvalue weighted by atomic mass is 19.1. The van der Waals surface area contributed by atoms with Gasteiger partial charge in [0.2, 0.25) is 0 Å². The Hall–Kier alpha value is -1.70. The molecule has 0 aliphatic carbocycles. The van der Waals surface area contributed by atoms with Crippen molar-refractivity contribution in [3.05, 3.63) is 29.6 Å². The number of hydrogen-bond donors (Lipinski definition) is 2. The molecule has 25 heavy (non-hydrogen) atoms. The maximum Gasteiger partial charge on any atom is 0.256 e. The van der Waals surface area contributed by atoms with Crippen LogP contribution in [0, 0.1) is 5.82 Å². The van der Waals surface area contributed by atoms with Gasteiger partial charge in [-0.1, -0.05) is 0 Å². The third-order valence-electron chi connectivity index (χ3n) is 4.59. The number of carbonyl (C=O) groups is 1. The van der Waals surface area contributed by atoms with Crippen molar-refractivity contribution in [2.45, 2.75) is 25.0 Å². The van der Waals surface area contributed by atoms with E-state index in [0.717, 1.165) is 13.1 Å². The second-order valence-corrected chi connectivity index (χ2v) is 6.66. The Morgan fingerprint density at radius 1 is 1.48 bits per heavy atom. The number of piperidine rings is 1. The zero-order valence-electron chi connectivity index (χ0n) is 15.2. The van der Waals surface area contributed by atoms with Crippen LogP contribution in [0.2, 0.25) is 0 Å². The van der Waals surface area contributed by atoms with Gasteiger partial charge >= 0.3 is 0 Å². The Labute approximate surface area is 148 Å². The number of carbonyl (C=O) groups excluding carboxylic acids is 1. The molecule has 1 aromatic rings. The van der Waals surface area contributed by atoms with Crippen LogP contribution in [0.3, 0.4) is 0 Å². The van der Waals surface area contributed by atoms with E-state index < -0.39 is 5.60 Å². The van der Waals surface area contributed by atoms with Gasteiger partial charge in [-0.2, -0.15) is 0 Å². The van der Waals surface area contributed by atoms with E-state index in [2.05, 4.69) is 5.32 Å². The van der Waals surface area contributed by atoms with Crippen molar-refractivity contribution < 1.29 is 19.0 Å². The van der Waals surface area contributed by atoms with Crippen molar-refractivity contribution in [2.24, 2.45) is 0 Å². The molecule has 1 heterocycles. The molecule has 1 atom stereocenters. The Kier molecular flexibility index (Phi) is 6.75. The third kappa shape index (κ3) is 4.90. The van der Waals surface area contributed by atoms with Crippen LogP contribution in [0.5, 0.6) is 5.75 Å². The number of benzene rings is 1. The van der Waals surface area contributed by atoms with E-state index in [1.165, 1.54) is 18.1 Å². The molecule has 1 aliphatic heterocycles. The first kappa shape index (κ1) is 19.6. The standard InChI is InChI=1S/C18H28FN3O3/c1-20-8-10-21(2)13-18(24)7-4-9-22(17(18)23)12-14-11-15(25-3)5-6-16(14)19/h5-6,11,20,24H,4,7-10,12-13H2,1-3H3/t18-/m0/s1. The summed E-state index contributed by atoms with van der Waals surface area (Å²) in [6.07, 6.45) is 1.11. The molecule has 0 aromatic heterocycles. The lowest BCUT2D eigenvalue weighted by Crippen LogP contribution is -2.58. The maximum atomic E-state index is 14.1. The zero-order chi connectivity index (χ0) is 18.4. The second kappa shape index (κ2) is 8.60. The molecule has 1 amide bonds. The van der Waals surface area contributed by atoms with Crippen molar-refractivity contribution in [2.75, 3.05) is 47.4 Å². The van der Waals surface area contributed by atoms with Crippen LogP contribution in [0.4, 0.5) is 4.39 Å². The molecule has 2 N–H and O–H groups in total. The SMILES string of the molecule is CNCCN(C)C[C@@]1(O)CCCN(Cc2cc(OC)ccc2F)C1=O. The Bertz CT molecular complexity index is 599. The summed E-state index contributed by atoms with van der Waals surface area (Å²) in [7, 11) is 5.25. The molecule has 0 unspecified atom stereocenters. The highest BCUT2D eigenvalue weighted by Crippen LogP contribution is 2.26. The van der Waals surface area contributed by atoms with E-state index in [9.17, 15) is 14.3 Å². The molecule has 6 nitrogen and oxygen atoms in total. The van der Waals surface area contributed by atoms with E-state index in [4.69, 9.17) is 4.74 Å². The van der Waals surface area contributed by atoms with Gasteiger partial charge in [-0.15, -0.1) is 0 Å². The number of likely N-dealkylation sites (N-methyl/N-ethyl adjacent to an activating group) is 2. The van der Waals surface area contributed by atoms with Gasteiger partial charge in [-0.25, -0.2) is 4.39 Å². The summed E-state index contributed by atoms with van der Waals surface area (Å²) in [4.78, 5) is 16.3. The summed E-state index contributed by atoms with van der Waals surface area (Å²) in [5.41, 5.74) is -1.03. The Balaban J connectivity index is 2.08. The molecule has 1 fully saturated rings. The predicted octanol–water partition coefficient (Wildman–Crippen LogP) is 0.839.